The lowest BCUT2D eigenvalue weighted by molar-refractivity contribution is -0.224. The van der Waals surface area contributed by atoms with Crippen LogP contribution in [0.5, 0.6) is 5.75 Å². The fourth-order valence-electron chi connectivity index (χ4n) is 1.67. The number of fused-ring (bicyclic) bond motifs is 1. The molecule has 1 heterocycles. The molecule has 1 aromatic carbocycles. The van der Waals surface area contributed by atoms with Crippen LogP contribution < -0.4 is 10.5 Å². The number of benzene rings is 1. The van der Waals surface area contributed by atoms with E-state index < -0.39 is 13.4 Å². The number of phosphoric ester groups is 1. The van der Waals surface area contributed by atoms with Gasteiger partial charge in [0.1, 0.15) is 16.4 Å². The largest absolute Gasteiger partial charge is 0.756 e. The molecule has 0 amide bonds. The number of halogens is 1. The van der Waals surface area contributed by atoms with Gasteiger partial charge in [0.2, 0.25) is 0 Å². The average Bonchev–Trinajstić information content (AvgIpc) is 2.45. The van der Waals surface area contributed by atoms with Crippen LogP contribution in [0, 0.1) is 6.92 Å². The van der Waals surface area contributed by atoms with Gasteiger partial charge in [0.15, 0.2) is 0 Å². The molecule has 1 N–H and O–H groups in total. The van der Waals surface area contributed by atoms with Gasteiger partial charge in [0, 0.05) is 11.5 Å². The van der Waals surface area contributed by atoms with Gasteiger partial charge in [-0.25, -0.2) is 4.79 Å². The second-order valence-corrected chi connectivity index (χ2v) is 6.08. The van der Waals surface area contributed by atoms with Crippen molar-refractivity contribution in [2.75, 3.05) is 13.2 Å². The predicted molar refractivity (Wildman–Crippen MR) is 84.8 cm³/mol. The van der Waals surface area contributed by atoms with Crippen LogP contribution in [-0.2, 0) is 13.6 Å². The summed E-state index contributed by atoms with van der Waals surface area (Å²) in [5.41, 5.74) is 0.428. The molecule has 0 unspecified atom stereocenters. The quantitative estimate of drug-likeness (QED) is 0.656. The van der Waals surface area contributed by atoms with E-state index in [2.05, 4.69) is 9.05 Å². The first-order valence-corrected chi connectivity index (χ1v) is 8.57. The van der Waals surface area contributed by atoms with E-state index in [1.165, 1.54) is 12.1 Å². The molecule has 1 aromatic heterocycles. The molecule has 0 aliphatic rings. The smallest absolute Gasteiger partial charge is 0.355 e. The molecule has 0 spiro atoms. The SMILES string of the molecule is CCOP(=O)([O-])OCC.Cc1c(Cl)c(=O)oc2cc(O)ccc12. The van der Waals surface area contributed by atoms with Gasteiger partial charge in [0.05, 0.1) is 13.2 Å². The van der Waals surface area contributed by atoms with Gasteiger partial charge >= 0.3 is 5.63 Å². The summed E-state index contributed by atoms with van der Waals surface area (Å²) in [6.07, 6.45) is 0. The number of phenolic OH excluding ortho intramolecular Hbond substituents is 1. The van der Waals surface area contributed by atoms with Gasteiger partial charge in [0.25, 0.3) is 7.82 Å². The monoisotopic (exact) mass is 363 g/mol. The Morgan fingerprint density at radius 2 is 1.87 bits per heavy atom. The standard InChI is InChI=1S/C10H7ClO3.C4H11O4P/c1-5-7-3-2-6(12)4-8(7)14-10(13)9(5)11;1-3-7-9(5,6)8-4-2/h2-4,12H,1H3;3-4H2,1-2H3,(H,5,6)/p-1. The van der Waals surface area contributed by atoms with E-state index >= 15 is 0 Å². The third-order valence-electron chi connectivity index (χ3n) is 2.65. The van der Waals surface area contributed by atoms with Crippen molar-refractivity contribution in [1.82, 2.24) is 0 Å². The Bertz CT molecular complexity index is 762. The van der Waals surface area contributed by atoms with Crippen molar-refractivity contribution in [1.29, 1.82) is 0 Å². The van der Waals surface area contributed by atoms with Gasteiger partial charge < -0.3 is 23.5 Å². The zero-order chi connectivity index (χ0) is 17.6. The van der Waals surface area contributed by atoms with Crippen molar-refractivity contribution < 1.29 is 28.0 Å². The molecule has 23 heavy (non-hydrogen) atoms. The molecular weight excluding hydrogens is 347 g/mol. The summed E-state index contributed by atoms with van der Waals surface area (Å²) < 4.78 is 23.8. The van der Waals surface area contributed by atoms with Crippen molar-refractivity contribution in [3.8, 4) is 5.75 Å². The average molecular weight is 364 g/mol. The van der Waals surface area contributed by atoms with E-state index in [4.69, 9.17) is 16.0 Å². The Labute approximate surface area is 138 Å². The number of phenols is 1. The van der Waals surface area contributed by atoms with Crippen LogP contribution in [0.15, 0.2) is 27.4 Å². The van der Waals surface area contributed by atoms with Crippen LogP contribution in [-0.4, -0.2) is 18.3 Å². The fraction of sp³-hybridized carbons (Fsp3) is 0.357. The van der Waals surface area contributed by atoms with Gasteiger partial charge in [-0.3, -0.25) is 4.57 Å². The van der Waals surface area contributed by atoms with E-state index in [-0.39, 0.29) is 24.0 Å². The topological polar surface area (TPSA) is 109 Å². The molecule has 0 saturated heterocycles. The summed E-state index contributed by atoms with van der Waals surface area (Å²) >= 11 is 5.73. The van der Waals surface area contributed by atoms with Gasteiger partial charge in [-0.15, -0.1) is 0 Å². The lowest BCUT2D eigenvalue weighted by atomic mass is 10.1. The molecule has 128 valence electrons. The second kappa shape index (κ2) is 8.47. The van der Waals surface area contributed by atoms with E-state index in [0.717, 1.165) is 5.39 Å². The summed E-state index contributed by atoms with van der Waals surface area (Å²) in [5, 5.41) is 10.0. The number of hydrogen-bond acceptors (Lipinski definition) is 7. The number of aryl methyl sites for hydroxylation is 1. The molecule has 0 atom stereocenters. The third-order valence-corrected chi connectivity index (χ3v) is 4.24. The second-order valence-electron chi connectivity index (χ2n) is 4.29. The Morgan fingerprint density at radius 1 is 1.30 bits per heavy atom. The highest BCUT2D eigenvalue weighted by Crippen LogP contribution is 2.37. The van der Waals surface area contributed by atoms with Crippen molar-refractivity contribution in [2.24, 2.45) is 0 Å². The minimum absolute atomic E-state index is 0.0578. The van der Waals surface area contributed by atoms with Gasteiger partial charge in [-0.05, 0) is 38.5 Å². The minimum Gasteiger partial charge on any atom is -0.756 e. The van der Waals surface area contributed by atoms with E-state index in [1.54, 1.807) is 26.8 Å². The van der Waals surface area contributed by atoms with Crippen LogP contribution >= 0.6 is 19.4 Å². The first-order valence-electron chi connectivity index (χ1n) is 6.73. The lowest BCUT2D eigenvalue weighted by Gasteiger charge is -2.20. The van der Waals surface area contributed by atoms with Gasteiger partial charge in [-0.1, -0.05) is 11.6 Å². The van der Waals surface area contributed by atoms with Gasteiger partial charge in [-0.2, -0.15) is 0 Å². The number of rotatable bonds is 4. The van der Waals surface area contributed by atoms with Crippen LogP contribution in [0.2, 0.25) is 5.02 Å². The summed E-state index contributed by atoms with van der Waals surface area (Å²) in [5.74, 6) is 0.0578. The number of phosphoric acid groups is 1. The van der Waals surface area contributed by atoms with Crippen molar-refractivity contribution >= 4 is 30.4 Å². The highest BCUT2D eigenvalue weighted by molar-refractivity contribution is 7.45. The molecule has 7 nitrogen and oxygen atoms in total. The Morgan fingerprint density at radius 3 is 2.39 bits per heavy atom. The van der Waals surface area contributed by atoms with Crippen LogP contribution in [0.1, 0.15) is 19.4 Å². The number of aromatic hydroxyl groups is 1. The molecule has 0 aliphatic heterocycles. The zero-order valence-electron chi connectivity index (χ0n) is 12.9. The first-order chi connectivity index (χ1) is 10.7. The zero-order valence-corrected chi connectivity index (χ0v) is 14.5. The lowest BCUT2D eigenvalue weighted by Crippen LogP contribution is -2.07. The molecule has 2 rings (SSSR count). The maximum atomic E-state index is 11.2. The summed E-state index contributed by atoms with van der Waals surface area (Å²) in [6, 6.07) is 4.57. The molecule has 0 saturated carbocycles. The normalized spacial score (nSPS) is 11.2. The first kappa shape index (κ1) is 19.7. The van der Waals surface area contributed by atoms with Crippen molar-refractivity contribution in [2.45, 2.75) is 20.8 Å². The summed E-state index contributed by atoms with van der Waals surface area (Å²) in [6.45, 7) is 5.16. The molecule has 2 aromatic rings. The maximum absolute atomic E-state index is 11.2. The maximum Gasteiger partial charge on any atom is 0.355 e. The van der Waals surface area contributed by atoms with E-state index in [0.29, 0.717) is 11.1 Å². The molecule has 0 fully saturated rings. The summed E-state index contributed by atoms with van der Waals surface area (Å²) in [7, 11) is -3.94. The fourth-order valence-corrected chi connectivity index (χ4v) is 2.52. The van der Waals surface area contributed by atoms with E-state index in [1.807, 2.05) is 0 Å². The summed E-state index contributed by atoms with van der Waals surface area (Å²) in [4.78, 5) is 21.6. The Kier molecular flexibility index (Phi) is 7.25. The third kappa shape index (κ3) is 5.64. The van der Waals surface area contributed by atoms with Crippen molar-refractivity contribution in [3.05, 3.63) is 39.2 Å². The highest BCUT2D eigenvalue weighted by Gasteiger charge is 2.08. The molecule has 0 bridgehead atoms. The highest BCUT2D eigenvalue weighted by atomic mass is 35.5. The van der Waals surface area contributed by atoms with Crippen LogP contribution in [0.4, 0.5) is 0 Å². The van der Waals surface area contributed by atoms with Crippen molar-refractivity contribution in [3.63, 3.8) is 0 Å². The van der Waals surface area contributed by atoms with Crippen LogP contribution in [0.25, 0.3) is 11.0 Å². The van der Waals surface area contributed by atoms with Crippen LogP contribution in [0.3, 0.4) is 0 Å². The molecular formula is C14H17ClO7P-. The molecule has 0 aliphatic carbocycles. The minimum atomic E-state index is -3.94. The Hall–Kier alpha value is -1.37. The predicted octanol–water partition coefficient (Wildman–Crippen LogP) is 2.99. The number of hydrogen-bond donors (Lipinski definition) is 1. The Balaban J connectivity index is 0.000000257. The molecule has 9 heteroatoms. The molecule has 0 radical (unpaired) electrons. The van der Waals surface area contributed by atoms with E-state index in [9.17, 15) is 19.4 Å².